The second kappa shape index (κ2) is 15.6. The number of benzene rings is 3. The minimum Gasteiger partial charge on any atom is -0.506 e. The highest BCUT2D eigenvalue weighted by atomic mass is 32.2. The van der Waals surface area contributed by atoms with Crippen LogP contribution in [0.1, 0.15) is 72.2 Å². The van der Waals surface area contributed by atoms with Crippen molar-refractivity contribution in [1.82, 2.24) is 19.8 Å². The molecule has 288 valence electrons. The standard InChI is InChI=1S/C37H41F2N5O9S/c1-19(2)53-35(49)29(15-22-9-12-24(13-10-22)44-34(48)20(3)21(4)43(8)36(44)50)40-33(47)25-17-27(39)28(18-26(25)38)42-54(51,52)31-14-11-23(16-30(31)45)32(46)41-37(5,6)7/h9-14,16-19,29,42,45H,15H2,1-8H3,(H,40,47)(H,41,46)/t29-/m0/s1. The van der Waals surface area contributed by atoms with Gasteiger partial charge in [0, 0.05) is 41.9 Å². The number of hydrogen-bond donors (Lipinski definition) is 4. The molecule has 3 aromatic carbocycles. The summed E-state index contributed by atoms with van der Waals surface area (Å²) >= 11 is 0. The van der Waals surface area contributed by atoms with Crippen molar-refractivity contribution in [2.45, 2.75) is 77.5 Å². The van der Waals surface area contributed by atoms with E-state index in [2.05, 4.69) is 10.6 Å². The van der Waals surface area contributed by atoms with Gasteiger partial charge in [0.15, 0.2) is 0 Å². The lowest BCUT2D eigenvalue weighted by Crippen LogP contribution is -2.44. The number of hydrogen-bond acceptors (Lipinski definition) is 9. The van der Waals surface area contributed by atoms with Crippen molar-refractivity contribution in [3.8, 4) is 11.4 Å². The van der Waals surface area contributed by atoms with Crippen LogP contribution in [0.5, 0.6) is 5.75 Å². The van der Waals surface area contributed by atoms with Gasteiger partial charge in [-0.2, -0.15) is 0 Å². The SMILES string of the molecule is Cc1c(C)n(C)c(=O)n(-c2ccc(C[C@H](NC(=O)c3cc(F)c(NS(=O)(=O)c4ccc(C(=O)NC(C)(C)C)cc4O)cc3F)C(=O)OC(C)C)cc2)c1=O. The number of esters is 1. The Labute approximate surface area is 309 Å². The molecule has 1 aromatic heterocycles. The minimum absolute atomic E-state index is 0.0529. The molecule has 54 heavy (non-hydrogen) atoms. The number of nitrogens with one attached hydrogen (secondary N) is 3. The van der Waals surface area contributed by atoms with Gasteiger partial charge in [-0.1, -0.05) is 12.1 Å². The van der Waals surface area contributed by atoms with Crippen molar-refractivity contribution in [3.63, 3.8) is 0 Å². The summed E-state index contributed by atoms with van der Waals surface area (Å²) < 4.78 is 66.1. The first-order valence-corrected chi connectivity index (χ1v) is 18.1. The summed E-state index contributed by atoms with van der Waals surface area (Å²) in [4.78, 5) is 63.7. The molecule has 14 nitrogen and oxygen atoms in total. The Bertz CT molecular complexity index is 2330. The summed E-state index contributed by atoms with van der Waals surface area (Å²) in [6.45, 7) is 11.6. The van der Waals surface area contributed by atoms with Crippen molar-refractivity contribution in [1.29, 1.82) is 0 Å². The maximum Gasteiger partial charge on any atom is 0.335 e. The Morgan fingerprint density at radius 1 is 0.926 bits per heavy atom. The van der Waals surface area contributed by atoms with Crippen LogP contribution in [0.15, 0.2) is 69.1 Å². The van der Waals surface area contributed by atoms with Gasteiger partial charge in [0.2, 0.25) is 0 Å². The molecule has 17 heteroatoms. The number of carbonyl (C=O) groups is 3. The average molecular weight is 770 g/mol. The van der Waals surface area contributed by atoms with Crippen LogP contribution in [0.25, 0.3) is 5.69 Å². The molecule has 1 atom stereocenters. The lowest BCUT2D eigenvalue weighted by molar-refractivity contribution is -0.149. The molecule has 4 N–H and O–H groups in total. The number of rotatable bonds is 11. The molecule has 0 saturated heterocycles. The molecule has 0 aliphatic heterocycles. The van der Waals surface area contributed by atoms with E-state index in [1.807, 2.05) is 4.72 Å². The smallest absolute Gasteiger partial charge is 0.335 e. The summed E-state index contributed by atoms with van der Waals surface area (Å²) in [5.41, 5.74) is -1.92. The maximum absolute atomic E-state index is 15.3. The van der Waals surface area contributed by atoms with Gasteiger partial charge < -0.3 is 25.0 Å². The number of anilines is 1. The monoisotopic (exact) mass is 769 g/mol. The van der Waals surface area contributed by atoms with Crippen LogP contribution in [0, 0.1) is 25.5 Å². The van der Waals surface area contributed by atoms with Crippen LogP contribution < -0.4 is 26.6 Å². The van der Waals surface area contributed by atoms with E-state index in [-0.39, 0.29) is 17.7 Å². The maximum atomic E-state index is 15.3. The predicted octanol–water partition coefficient (Wildman–Crippen LogP) is 3.76. The van der Waals surface area contributed by atoms with Crippen molar-refractivity contribution < 1.29 is 41.4 Å². The molecule has 0 unspecified atom stereocenters. The summed E-state index contributed by atoms with van der Waals surface area (Å²) in [7, 11) is -3.21. The van der Waals surface area contributed by atoms with Crippen LogP contribution in [-0.4, -0.2) is 58.1 Å². The van der Waals surface area contributed by atoms with E-state index < -0.39 is 90.3 Å². The first-order chi connectivity index (χ1) is 25.0. The molecular formula is C37H41F2N5O9S. The lowest BCUT2D eigenvalue weighted by Gasteiger charge is -2.20. The second-order valence-electron chi connectivity index (χ2n) is 13.9. The van der Waals surface area contributed by atoms with Gasteiger partial charge in [0.25, 0.3) is 27.4 Å². The number of phenols is 1. The third kappa shape index (κ3) is 9.20. The molecule has 1 heterocycles. The molecule has 2 amide bonds. The predicted molar refractivity (Wildman–Crippen MR) is 195 cm³/mol. The number of nitrogens with zero attached hydrogens (tertiary/aromatic N) is 2. The van der Waals surface area contributed by atoms with E-state index in [1.165, 1.54) is 35.9 Å². The summed E-state index contributed by atoms with van der Waals surface area (Å²) in [5, 5.41) is 15.4. The van der Waals surface area contributed by atoms with E-state index in [4.69, 9.17) is 4.74 Å². The van der Waals surface area contributed by atoms with Gasteiger partial charge in [-0.15, -0.1) is 0 Å². The normalized spacial score (nSPS) is 12.3. The molecule has 0 bridgehead atoms. The van der Waals surface area contributed by atoms with Gasteiger partial charge in [0.05, 0.1) is 23.0 Å². The number of halogens is 2. The number of aromatic nitrogens is 2. The highest BCUT2D eigenvalue weighted by Gasteiger charge is 2.28. The van der Waals surface area contributed by atoms with E-state index in [0.29, 0.717) is 29.0 Å². The Hall–Kier alpha value is -5.84. The first kappa shape index (κ1) is 40.9. The van der Waals surface area contributed by atoms with Crippen LogP contribution in [-0.2, 0) is 33.0 Å². The largest absolute Gasteiger partial charge is 0.506 e. The quantitative estimate of drug-likeness (QED) is 0.164. The van der Waals surface area contributed by atoms with Crippen molar-refractivity contribution in [2.75, 3.05) is 4.72 Å². The number of carbonyl (C=O) groups excluding carboxylic acids is 3. The number of amides is 2. The molecule has 4 rings (SSSR count). The Balaban J connectivity index is 1.57. The van der Waals surface area contributed by atoms with Gasteiger partial charge >= 0.3 is 11.7 Å². The fourth-order valence-electron chi connectivity index (χ4n) is 5.24. The molecule has 0 saturated carbocycles. The van der Waals surface area contributed by atoms with Crippen LogP contribution in [0.3, 0.4) is 0 Å². The van der Waals surface area contributed by atoms with Crippen molar-refractivity contribution in [2.24, 2.45) is 7.05 Å². The molecule has 0 aliphatic rings. The highest BCUT2D eigenvalue weighted by Crippen LogP contribution is 2.28. The third-order valence-corrected chi connectivity index (χ3v) is 9.58. The van der Waals surface area contributed by atoms with Gasteiger partial charge in [-0.05, 0) is 90.4 Å². The number of aromatic hydroxyl groups is 1. The molecule has 4 aromatic rings. The van der Waals surface area contributed by atoms with Crippen LogP contribution in [0.2, 0.25) is 0 Å². The molecular weight excluding hydrogens is 728 g/mol. The Morgan fingerprint density at radius 2 is 1.56 bits per heavy atom. The van der Waals surface area contributed by atoms with E-state index in [1.54, 1.807) is 48.5 Å². The zero-order valence-electron chi connectivity index (χ0n) is 30.8. The van der Waals surface area contributed by atoms with Crippen LogP contribution >= 0.6 is 0 Å². The summed E-state index contributed by atoms with van der Waals surface area (Å²) in [5.74, 6) is -6.27. The Kier molecular flexibility index (Phi) is 11.9. The minimum atomic E-state index is -4.74. The van der Waals surface area contributed by atoms with E-state index >= 15 is 8.78 Å². The number of ether oxygens (including phenoxy) is 1. The zero-order chi connectivity index (χ0) is 40.4. The topological polar surface area (TPSA) is 195 Å². The Morgan fingerprint density at radius 3 is 2.13 bits per heavy atom. The van der Waals surface area contributed by atoms with Gasteiger partial charge in [0.1, 0.15) is 28.3 Å². The zero-order valence-corrected chi connectivity index (χ0v) is 31.6. The first-order valence-electron chi connectivity index (χ1n) is 16.6. The van der Waals surface area contributed by atoms with Crippen molar-refractivity contribution >= 4 is 33.5 Å². The lowest BCUT2D eigenvalue weighted by atomic mass is 10.0. The molecule has 0 spiro atoms. The fourth-order valence-corrected chi connectivity index (χ4v) is 6.38. The van der Waals surface area contributed by atoms with Crippen LogP contribution in [0.4, 0.5) is 14.5 Å². The van der Waals surface area contributed by atoms with Gasteiger partial charge in [-0.3, -0.25) is 19.1 Å². The highest BCUT2D eigenvalue weighted by molar-refractivity contribution is 7.92. The van der Waals surface area contributed by atoms with Gasteiger partial charge in [-0.25, -0.2) is 31.4 Å². The van der Waals surface area contributed by atoms with Crippen molar-refractivity contribution in [3.05, 3.63) is 115 Å². The van der Waals surface area contributed by atoms with E-state index in [9.17, 15) is 37.5 Å². The summed E-state index contributed by atoms with van der Waals surface area (Å²) in [6.07, 6.45) is -0.801. The fraction of sp³-hybridized carbons (Fsp3) is 0.324. The number of phenolic OH excluding ortho intramolecular Hbond substituents is 1. The third-order valence-electron chi connectivity index (χ3n) is 8.17. The summed E-state index contributed by atoms with van der Waals surface area (Å²) in [6, 6.07) is 8.38. The van der Waals surface area contributed by atoms with E-state index in [0.717, 1.165) is 22.8 Å². The molecule has 0 fully saturated rings. The average Bonchev–Trinajstić information content (AvgIpc) is 3.07. The molecule has 0 radical (unpaired) electrons. The second-order valence-corrected chi connectivity index (χ2v) is 15.5. The number of sulfonamides is 1. The molecule has 0 aliphatic carbocycles.